The first-order valence-corrected chi connectivity index (χ1v) is 7.30. The van der Waals surface area contributed by atoms with E-state index in [0.29, 0.717) is 5.57 Å². The third-order valence-corrected chi connectivity index (χ3v) is 3.71. The van der Waals surface area contributed by atoms with Gasteiger partial charge >= 0.3 is 12.4 Å². The second-order valence-corrected chi connectivity index (χ2v) is 5.79. The van der Waals surface area contributed by atoms with Gasteiger partial charge in [-0.1, -0.05) is 55.2 Å². The Morgan fingerprint density at radius 2 is 1.16 bits per heavy atom. The molecule has 0 bridgehead atoms. The van der Waals surface area contributed by atoms with Crippen LogP contribution in [-0.4, -0.2) is 12.4 Å². The van der Waals surface area contributed by atoms with Crippen LogP contribution in [0.2, 0.25) is 0 Å². The molecule has 0 atom stereocenters. The van der Waals surface area contributed by atoms with E-state index in [1.807, 2.05) is 0 Å². The zero-order valence-corrected chi connectivity index (χ0v) is 14.7. The van der Waals surface area contributed by atoms with Gasteiger partial charge in [0.25, 0.3) is 0 Å². The molecule has 0 aliphatic heterocycles. The van der Waals surface area contributed by atoms with E-state index in [4.69, 9.17) is 0 Å². The molecule has 0 aliphatic rings. The van der Waals surface area contributed by atoms with Crippen LogP contribution in [0.5, 0.6) is 0 Å². The molecule has 0 aromatic heterocycles. The second kappa shape index (κ2) is 7.93. The lowest BCUT2D eigenvalue weighted by molar-refractivity contribution is -0.308. The summed E-state index contributed by atoms with van der Waals surface area (Å²) in [7, 11) is 0. The molecule has 0 unspecified atom stereocenters. The van der Waals surface area contributed by atoms with Gasteiger partial charge in [-0.2, -0.15) is 26.3 Å². The van der Waals surface area contributed by atoms with Gasteiger partial charge in [0, 0.05) is 0 Å². The molecule has 140 valence electrons. The van der Waals surface area contributed by atoms with E-state index >= 15 is 0 Å². The lowest BCUT2D eigenvalue weighted by Gasteiger charge is -2.39. The number of alkyl halides is 6. The fourth-order valence-corrected chi connectivity index (χ4v) is 2.28. The summed E-state index contributed by atoms with van der Waals surface area (Å²) in [5.41, 5.74) is -5.85. The van der Waals surface area contributed by atoms with Crippen LogP contribution in [0.15, 0.2) is 71.9 Å². The van der Waals surface area contributed by atoms with Crippen molar-refractivity contribution in [3.63, 3.8) is 0 Å². The Balaban J connectivity index is 6.75. The first kappa shape index (κ1) is 23.0. The van der Waals surface area contributed by atoms with Crippen molar-refractivity contribution in [1.29, 1.82) is 0 Å². The van der Waals surface area contributed by atoms with Crippen molar-refractivity contribution in [2.45, 2.75) is 40.0 Å². The van der Waals surface area contributed by atoms with Crippen LogP contribution in [-0.2, 0) is 0 Å². The zero-order valence-electron chi connectivity index (χ0n) is 14.7. The van der Waals surface area contributed by atoms with Gasteiger partial charge in [0.15, 0.2) is 0 Å². The molecule has 0 nitrogen and oxygen atoms in total. The molecule has 0 saturated carbocycles. The first-order chi connectivity index (χ1) is 11.1. The summed E-state index contributed by atoms with van der Waals surface area (Å²) in [5.74, 6) is 0. The maximum Gasteiger partial charge on any atom is 0.411 e. The minimum absolute atomic E-state index is 0.171. The Bertz CT molecular complexity index is 622. The molecule has 0 fully saturated rings. The van der Waals surface area contributed by atoms with Gasteiger partial charge in [-0.3, -0.25) is 0 Å². The monoisotopic (exact) mass is 364 g/mol. The standard InChI is InChI=1S/C19H22F6/c1-8-9-13(4)10-15(6)17(18(20,21)22,19(23,24)25)16(7)11-14(5)12(2)3/h8-11H,2,6-7H2,1,3-5H3/b9-8+,13-10-,14-11-. The summed E-state index contributed by atoms with van der Waals surface area (Å²) in [5, 5.41) is 0. The molecule has 0 heterocycles. The number of hydrogen-bond donors (Lipinski definition) is 0. The van der Waals surface area contributed by atoms with Crippen molar-refractivity contribution in [2.24, 2.45) is 5.41 Å². The van der Waals surface area contributed by atoms with Gasteiger partial charge in [-0.05, 0) is 44.4 Å². The number of rotatable bonds is 6. The van der Waals surface area contributed by atoms with Crippen molar-refractivity contribution in [3.8, 4) is 0 Å². The summed E-state index contributed by atoms with van der Waals surface area (Å²) >= 11 is 0. The Morgan fingerprint density at radius 1 is 0.760 bits per heavy atom. The molecule has 0 aromatic carbocycles. The van der Waals surface area contributed by atoms with E-state index in [1.165, 1.54) is 32.9 Å². The van der Waals surface area contributed by atoms with E-state index in [1.54, 1.807) is 6.92 Å². The van der Waals surface area contributed by atoms with Crippen molar-refractivity contribution in [2.75, 3.05) is 0 Å². The zero-order chi connectivity index (χ0) is 20.2. The molecule has 0 radical (unpaired) electrons. The Morgan fingerprint density at radius 3 is 1.48 bits per heavy atom. The van der Waals surface area contributed by atoms with Gasteiger partial charge < -0.3 is 0 Å². The second-order valence-electron chi connectivity index (χ2n) is 5.79. The summed E-state index contributed by atoms with van der Waals surface area (Å²) in [6, 6.07) is 0. The maximum absolute atomic E-state index is 13.7. The summed E-state index contributed by atoms with van der Waals surface area (Å²) in [4.78, 5) is 0. The molecule has 0 aliphatic carbocycles. The van der Waals surface area contributed by atoms with Crippen molar-refractivity contribution < 1.29 is 26.3 Å². The minimum atomic E-state index is -5.67. The average molecular weight is 364 g/mol. The van der Waals surface area contributed by atoms with Crippen LogP contribution in [0.25, 0.3) is 0 Å². The predicted octanol–water partition coefficient (Wildman–Crippen LogP) is 7.25. The van der Waals surface area contributed by atoms with Crippen LogP contribution >= 0.6 is 0 Å². The molecule has 25 heavy (non-hydrogen) atoms. The Labute approximate surface area is 144 Å². The minimum Gasteiger partial charge on any atom is -0.169 e. The maximum atomic E-state index is 13.7. The van der Waals surface area contributed by atoms with Gasteiger partial charge in [-0.15, -0.1) is 0 Å². The molecule has 0 spiro atoms. The van der Waals surface area contributed by atoms with Gasteiger partial charge in [0.05, 0.1) is 0 Å². The van der Waals surface area contributed by atoms with Gasteiger partial charge in [0.1, 0.15) is 0 Å². The number of allylic oxidation sites excluding steroid dienone is 9. The number of halogens is 6. The van der Waals surface area contributed by atoms with Crippen molar-refractivity contribution >= 4 is 0 Å². The van der Waals surface area contributed by atoms with E-state index < -0.39 is 28.9 Å². The van der Waals surface area contributed by atoms with Crippen LogP contribution in [0.3, 0.4) is 0 Å². The van der Waals surface area contributed by atoms with E-state index in [-0.39, 0.29) is 11.1 Å². The van der Waals surface area contributed by atoms with Crippen LogP contribution < -0.4 is 0 Å². The van der Waals surface area contributed by atoms with Crippen molar-refractivity contribution in [3.05, 3.63) is 71.9 Å². The smallest absolute Gasteiger partial charge is 0.169 e. The average Bonchev–Trinajstić information content (AvgIpc) is 2.35. The molecule has 0 saturated heterocycles. The third-order valence-electron chi connectivity index (χ3n) is 3.71. The highest BCUT2D eigenvalue weighted by Crippen LogP contribution is 2.59. The summed E-state index contributed by atoms with van der Waals surface area (Å²) in [6.07, 6.45) is -6.91. The fraction of sp³-hybridized carbons (Fsp3) is 0.368. The largest absolute Gasteiger partial charge is 0.411 e. The molecule has 6 heteroatoms. The van der Waals surface area contributed by atoms with E-state index in [0.717, 1.165) is 12.2 Å². The van der Waals surface area contributed by atoms with E-state index in [2.05, 4.69) is 19.7 Å². The van der Waals surface area contributed by atoms with Crippen LogP contribution in [0, 0.1) is 5.41 Å². The predicted molar refractivity (Wildman–Crippen MR) is 90.0 cm³/mol. The quantitative estimate of drug-likeness (QED) is 0.344. The summed E-state index contributed by atoms with van der Waals surface area (Å²) < 4.78 is 82.3. The van der Waals surface area contributed by atoms with Gasteiger partial charge in [0.2, 0.25) is 5.41 Å². The topological polar surface area (TPSA) is 0 Å². The number of hydrogen-bond acceptors (Lipinski definition) is 0. The van der Waals surface area contributed by atoms with Crippen LogP contribution in [0.1, 0.15) is 27.7 Å². The SMILES string of the molecule is C=C(C)/C(C)=C\C(=C)C(C(=C)/C=C(C)\C=C\C)(C(F)(F)F)C(F)(F)F. The third kappa shape index (κ3) is 4.77. The lowest BCUT2D eigenvalue weighted by Crippen LogP contribution is -2.52. The molecule has 0 amide bonds. The first-order valence-electron chi connectivity index (χ1n) is 7.30. The van der Waals surface area contributed by atoms with Crippen LogP contribution in [0.4, 0.5) is 26.3 Å². The molecular formula is C19H22F6. The lowest BCUT2D eigenvalue weighted by atomic mass is 9.72. The highest BCUT2D eigenvalue weighted by atomic mass is 19.4. The molecule has 0 N–H and O–H groups in total. The van der Waals surface area contributed by atoms with Gasteiger partial charge in [-0.25, -0.2) is 0 Å². The Hall–Kier alpha value is -1.98. The Kier molecular flexibility index (Phi) is 7.30. The molecular weight excluding hydrogens is 342 g/mol. The van der Waals surface area contributed by atoms with Crippen molar-refractivity contribution in [1.82, 2.24) is 0 Å². The molecule has 0 aromatic rings. The fourth-order valence-electron chi connectivity index (χ4n) is 2.28. The summed E-state index contributed by atoms with van der Waals surface area (Å²) in [6.45, 7) is 15.5. The molecule has 0 rings (SSSR count). The normalized spacial score (nSPS) is 14.8. The highest BCUT2D eigenvalue weighted by Gasteiger charge is 2.72. The highest BCUT2D eigenvalue weighted by molar-refractivity contribution is 5.47. The van der Waals surface area contributed by atoms with E-state index in [9.17, 15) is 26.3 Å².